The molecule has 1 fully saturated rings. The predicted octanol–water partition coefficient (Wildman–Crippen LogP) is 2.11. The summed E-state index contributed by atoms with van der Waals surface area (Å²) < 4.78 is 5.40. The lowest BCUT2D eigenvalue weighted by Gasteiger charge is -2.32. The van der Waals surface area contributed by atoms with E-state index in [0.29, 0.717) is 12.6 Å². The molecule has 0 bridgehead atoms. The Morgan fingerprint density at radius 2 is 2.29 bits per heavy atom. The van der Waals surface area contributed by atoms with Crippen LogP contribution in [0.2, 0.25) is 0 Å². The molecule has 0 spiro atoms. The van der Waals surface area contributed by atoms with E-state index >= 15 is 0 Å². The van der Waals surface area contributed by atoms with Crippen molar-refractivity contribution in [1.29, 1.82) is 0 Å². The standard InChI is InChI=1S/C13H22N2OS/c1-15(9-11-2-5-16-6-3-11)13(8-14)12-4-7-17-10-12/h4,7,10-11,13H,2-3,5-6,8-9,14H2,1H3. The van der Waals surface area contributed by atoms with Gasteiger partial charge in [0.05, 0.1) is 0 Å². The van der Waals surface area contributed by atoms with E-state index in [0.717, 1.165) is 25.7 Å². The monoisotopic (exact) mass is 254 g/mol. The molecule has 96 valence electrons. The first-order valence-corrected chi connectivity index (χ1v) is 7.25. The first kappa shape index (κ1) is 13.0. The van der Waals surface area contributed by atoms with Crippen molar-refractivity contribution in [1.82, 2.24) is 4.90 Å². The lowest BCUT2D eigenvalue weighted by atomic mass is 9.98. The molecule has 0 radical (unpaired) electrons. The molecule has 1 atom stereocenters. The number of rotatable bonds is 5. The molecule has 2 heterocycles. The first-order chi connectivity index (χ1) is 8.31. The number of thiophene rings is 1. The Bertz CT molecular complexity index is 309. The summed E-state index contributed by atoms with van der Waals surface area (Å²) in [5, 5.41) is 4.33. The number of ether oxygens (including phenoxy) is 1. The lowest BCUT2D eigenvalue weighted by Crippen LogP contribution is -2.35. The zero-order chi connectivity index (χ0) is 12.1. The highest BCUT2D eigenvalue weighted by atomic mass is 32.1. The second kappa shape index (κ2) is 6.50. The van der Waals surface area contributed by atoms with Crippen molar-refractivity contribution in [2.24, 2.45) is 11.7 Å². The Labute approximate surface area is 108 Å². The molecule has 1 aromatic rings. The van der Waals surface area contributed by atoms with Crippen LogP contribution in [0.1, 0.15) is 24.4 Å². The van der Waals surface area contributed by atoms with Crippen LogP contribution in [-0.2, 0) is 4.74 Å². The van der Waals surface area contributed by atoms with E-state index in [1.807, 2.05) is 0 Å². The van der Waals surface area contributed by atoms with Gasteiger partial charge in [-0.3, -0.25) is 4.90 Å². The van der Waals surface area contributed by atoms with Crippen molar-refractivity contribution in [3.8, 4) is 0 Å². The molecule has 0 aromatic carbocycles. The summed E-state index contributed by atoms with van der Waals surface area (Å²) in [7, 11) is 2.19. The van der Waals surface area contributed by atoms with Crippen LogP contribution in [0.15, 0.2) is 16.8 Å². The molecule has 0 aliphatic carbocycles. The molecule has 1 unspecified atom stereocenters. The maximum atomic E-state index is 5.91. The normalized spacial score (nSPS) is 19.7. The number of nitrogens with two attached hydrogens (primary N) is 1. The van der Waals surface area contributed by atoms with Gasteiger partial charge in [-0.05, 0) is 48.2 Å². The van der Waals surface area contributed by atoms with E-state index in [-0.39, 0.29) is 0 Å². The molecule has 17 heavy (non-hydrogen) atoms. The minimum atomic E-state index is 0.365. The van der Waals surface area contributed by atoms with E-state index in [1.165, 1.54) is 18.4 Å². The molecule has 3 nitrogen and oxygen atoms in total. The molecular weight excluding hydrogens is 232 g/mol. The summed E-state index contributed by atoms with van der Waals surface area (Å²) in [4.78, 5) is 2.40. The smallest absolute Gasteiger partial charge is 0.0475 e. The molecule has 1 saturated heterocycles. The van der Waals surface area contributed by atoms with Crippen LogP contribution in [0, 0.1) is 5.92 Å². The average molecular weight is 254 g/mol. The zero-order valence-corrected chi connectivity index (χ0v) is 11.3. The average Bonchev–Trinajstić information content (AvgIpc) is 2.85. The first-order valence-electron chi connectivity index (χ1n) is 6.31. The highest BCUT2D eigenvalue weighted by molar-refractivity contribution is 7.07. The Balaban J connectivity index is 1.90. The molecule has 1 aliphatic rings. The molecule has 0 amide bonds. The largest absolute Gasteiger partial charge is 0.381 e. The van der Waals surface area contributed by atoms with Gasteiger partial charge in [0.2, 0.25) is 0 Å². The summed E-state index contributed by atoms with van der Waals surface area (Å²) in [6.45, 7) is 3.66. The van der Waals surface area contributed by atoms with Crippen molar-refractivity contribution in [2.45, 2.75) is 18.9 Å². The van der Waals surface area contributed by atoms with Crippen molar-refractivity contribution in [2.75, 3.05) is 33.4 Å². The molecule has 0 saturated carbocycles. The van der Waals surface area contributed by atoms with E-state index in [1.54, 1.807) is 11.3 Å². The summed E-state index contributed by atoms with van der Waals surface area (Å²) in [5.41, 5.74) is 7.26. The Morgan fingerprint density at radius 3 is 2.88 bits per heavy atom. The third-order valence-corrected chi connectivity index (χ3v) is 4.27. The fourth-order valence-electron chi connectivity index (χ4n) is 2.50. The van der Waals surface area contributed by atoms with Crippen LogP contribution in [0.3, 0.4) is 0 Å². The molecule has 2 N–H and O–H groups in total. The molecular formula is C13H22N2OS. The van der Waals surface area contributed by atoms with E-state index in [4.69, 9.17) is 10.5 Å². The van der Waals surface area contributed by atoms with Gasteiger partial charge in [-0.25, -0.2) is 0 Å². The maximum absolute atomic E-state index is 5.91. The van der Waals surface area contributed by atoms with Crippen molar-refractivity contribution in [3.05, 3.63) is 22.4 Å². The minimum Gasteiger partial charge on any atom is -0.381 e. The zero-order valence-electron chi connectivity index (χ0n) is 10.5. The molecule has 1 aliphatic heterocycles. The Kier molecular flexibility index (Phi) is 4.98. The number of hydrogen-bond donors (Lipinski definition) is 1. The summed E-state index contributed by atoms with van der Waals surface area (Å²) in [6.07, 6.45) is 2.37. The quantitative estimate of drug-likeness (QED) is 0.874. The SMILES string of the molecule is CN(CC1CCOCC1)C(CN)c1ccsc1. The van der Waals surface area contributed by atoms with Gasteiger partial charge >= 0.3 is 0 Å². The van der Waals surface area contributed by atoms with Crippen molar-refractivity contribution in [3.63, 3.8) is 0 Å². The third kappa shape index (κ3) is 3.52. The van der Waals surface area contributed by atoms with Crippen LogP contribution in [-0.4, -0.2) is 38.3 Å². The van der Waals surface area contributed by atoms with Crippen LogP contribution >= 0.6 is 11.3 Å². The maximum Gasteiger partial charge on any atom is 0.0475 e. The van der Waals surface area contributed by atoms with Gasteiger partial charge in [0.15, 0.2) is 0 Å². The van der Waals surface area contributed by atoms with E-state index in [2.05, 4.69) is 28.8 Å². The van der Waals surface area contributed by atoms with E-state index in [9.17, 15) is 0 Å². The van der Waals surface area contributed by atoms with Gasteiger partial charge in [0.1, 0.15) is 0 Å². The number of likely N-dealkylation sites (N-methyl/N-ethyl adjacent to an activating group) is 1. The van der Waals surface area contributed by atoms with Gasteiger partial charge in [0, 0.05) is 32.3 Å². The fraction of sp³-hybridized carbons (Fsp3) is 0.692. The Hall–Kier alpha value is -0.420. The van der Waals surface area contributed by atoms with Gasteiger partial charge in [0.25, 0.3) is 0 Å². The van der Waals surface area contributed by atoms with Crippen LogP contribution < -0.4 is 5.73 Å². The second-order valence-electron chi connectivity index (χ2n) is 4.80. The van der Waals surface area contributed by atoms with Crippen LogP contribution in [0.4, 0.5) is 0 Å². The predicted molar refractivity (Wildman–Crippen MR) is 72.3 cm³/mol. The second-order valence-corrected chi connectivity index (χ2v) is 5.58. The van der Waals surface area contributed by atoms with Crippen LogP contribution in [0.25, 0.3) is 0 Å². The van der Waals surface area contributed by atoms with Gasteiger partial charge < -0.3 is 10.5 Å². The lowest BCUT2D eigenvalue weighted by molar-refractivity contribution is 0.0507. The molecule has 1 aromatic heterocycles. The number of nitrogens with zero attached hydrogens (tertiary/aromatic N) is 1. The molecule has 4 heteroatoms. The minimum absolute atomic E-state index is 0.365. The highest BCUT2D eigenvalue weighted by Crippen LogP contribution is 2.24. The third-order valence-electron chi connectivity index (χ3n) is 3.57. The van der Waals surface area contributed by atoms with Crippen LogP contribution in [0.5, 0.6) is 0 Å². The molecule has 2 rings (SSSR count). The van der Waals surface area contributed by atoms with Gasteiger partial charge in [-0.2, -0.15) is 11.3 Å². The Morgan fingerprint density at radius 1 is 1.53 bits per heavy atom. The fourth-order valence-corrected chi connectivity index (χ4v) is 3.21. The summed E-state index contributed by atoms with van der Waals surface area (Å²) >= 11 is 1.74. The van der Waals surface area contributed by atoms with Gasteiger partial charge in [-0.1, -0.05) is 0 Å². The van der Waals surface area contributed by atoms with Gasteiger partial charge in [-0.15, -0.1) is 0 Å². The summed E-state index contributed by atoms with van der Waals surface area (Å²) in [5.74, 6) is 0.765. The van der Waals surface area contributed by atoms with Crippen molar-refractivity contribution >= 4 is 11.3 Å². The number of hydrogen-bond acceptors (Lipinski definition) is 4. The highest BCUT2D eigenvalue weighted by Gasteiger charge is 2.21. The summed E-state index contributed by atoms with van der Waals surface area (Å²) in [6, 6.07) is 2.55. The van der Waals surface area contributed by atoms with Crippen molar-refractivity contribution < 1.29 is 4.74 Å². The van der Waals surface area contributed by atoms with E-state index < -0.39 is 0 Å². The topological polar surface area (TPSA) is 38.5 Å².